The molecule has 3 fully saturated rings. The maximum absolute atomic E-state index is 15.2. The monoisotopic (exact) mass is 758 g/mol. The fourth-order valence-corrected chi connectivity index (χ4v) is 8.89. The van der Waals surface area contributed by atoms with E-state index in [0.717, 1.165) is 4.90 Å². The number of aliphatic carboxylic acids is 1. The average Bonchev–Trinajstić information content (AvgIpc) is 3.41. The zero-order valence-corrected chi connectivity index (χ0v) is 28.2. The number of unbranched alkanes of at least 4 members (excludes halogenated alkanes) is 2. The minimum Gasteiger partial charge on any atom is -0.504 e. The van der Waals surface area contributed by atoms with E-state index in [1.165, 1.54) is 24.3 Å². The Morgan fingerprint density at radius 2 is 1.57 bits per heavy atom. The molecule has 0 bridgehead atoms. The summed E-state index contributed by atoms with van der Waals surface area (Å²) in [6, 6.07) is 4.09. The molecule has 17 heteroatoms. The third-order valence-electron chi connectivity index (χ3n) is 10.2. The number of aromatic hydroxyl groups is 1. The van der Waals surface area contributed by atoms with Crippen molar-refractivity contribution in [3.8, 4) is 11.5 Å². The van der Waals surface area contributed by atoms with Crippen LogP contribution in [0.5, 0.6) is 11.5 Å². The predicted octanol–water partition coefficient (Wildman–Crippen LogP) is 5.69. The van der Waals surface area contributed by atoms with Crippen LogP contribution in [-0.2, 0) is 24.0 Å². The van der Waals surface area contributed by atoms with E-state index in [1.807, 2.05) is 0 Å². The van der Waals surface area contributed by atoms with Crippen molar-refractivity contribution in [2.75, 3.05) is 18.1 Å². The summed E-state index contributed by atoms with van der Waals surface area (Å²) in [5.74, 6) is -23.5. The van der Waals surface area contributed by atoms with Gasteiger partial charge in [-0.3, -0.25) is 28.9 Å². The van der Waals surface area contributed by atoms with Gasteiger partial charge >= 0.3 is 5.97 Å². The predicted molar refractivity (Wildman–Crippen MR) is 169 cm³/mol. The molecule has 10 nitrogen and oxygen atoms in total. The summed E-state index contributed by atoms with van der Waals surface area (Å²) in [7, 11) is 0. The first-order valence-corrected chi connectivity index (χ1v) is 16.8. The number of phenols is 1. The second-order valence-electron chi connectivity index (χ2n) is 12.9. The minimum absolute atomic E-state index is 0.0378. The lowest BCUT2D eigenvalue weighted by Gasteiger charge is -2.50. The van der Waals surface area contributed by atoms with E-state index in [-0.39, 0.29) is 47.8 Å². The number of amides is 4. The fraction of sp³-hybridized carbons (Fsp3) is 0.441. The summed E-state index contributed by atoms with van der Waals surface area (Å²) in [4.78, 5) is 62.3. The summed E-state index contributed by atoms with van der Waals surface area (Å²) in [5.41, 5.74) is -1.89. The summed E-state index contributed by atoms with van der Waals surface area (Å²) >= 11 is 14.2. The van der Waals surface area contributed by atoms with Gasteiger partial charge < -0.3 is 14.9 Å². The summed E-state index contributed by atoms with van der Waals surface area (Å²) in [6.45, 7) is 1.64. The van der Waals surface area contributed by atoms with Crippen LogP contribution in [0.3, 0.4) is 0 Å². The van der Waals surface area contributed by atoms with E-state index in [4.69, 9.17) is 33.0 Å². The summed E-state index contributed by atoms with van der Waals surface area (Å²) in [5, 5.41) is 20.3. The standard InChI is InChI=1S/C34H29Cl2F5N2O8/c1-2-51-18-8-6-7-16(28(18)46)21-14-10-11-15-20(30(48)42(29(15)47)12-5-3-4-9-19(44)45)17(14)13-33(35)31(49)43(32(50)34(21,33)36)27-25(40)23(38)22(37)24(39)26(27)41/h6-8,10,15,17,20-21,46H,2-5,9,11-13H2,1H3,(H,44,45)/t15-,17+,20-,21+,33+,34-/m0/s1. The number of hydrogen-bond acceptors (Lipinski definition) is 7. The quantitative estimate of drug-likeness (QED) is 0.0599. The molecule has 4 aliphatic rings. The number of carboxylic acid groups (broad SMARTS) is 1. The van der Waals surface area contributed by atoms with Crippen LogP contribution in [0.25, 0.3) is 0 Å². The first kappa shape index (κ1) is 36.5. The number of ether oxygens (including phenoxy) is 1. The number of anilines is 1. The van der Waals surface area contributed by atoms with Gasteiger partial charge in [-0.2, -0.15) is 0 Å². The number of imide groups is 2. The van der Waals surface area contributed by atoms with Crippen molar-refractivity contribution in [1.82, 2.24) is 4.90 Å². The molecule has 2 aliphatic heterocycles. The maximum Gasteiger partial charge on any atom is 0.303 e. The molecule has 51 heavy (non-hydrogen) atoms. The second-order valence-corrected chi connectivity index (χ2v) is 14.1. The van der Waals surface area contributed by atoms with Crippen molar-refractivity contribution in [2.45, 2.75) is 61.1 Å². The normalized spacial score (nSPS) is 28.5. The Morgan fingerprint density at radius 1 is 0.922 bits per heavy atom. The molecule has 2 aliphatic carbocycles. The molecule has 6 atom stereocenters. The topological polar surface area (TPSA) is 142 Å². The highest BCUT2D eigenvalue weighted by atomic mass is 35.5. The number of likely N-dealkylation sites (tertiary alicyclic amines) is 1. The molecular weight excluding hydrogens is 730 g/mol. The molecule has 2 aromatic carbocycles. The number of halogens is 7. The number of hydrogen-bond donors (Lipinski definition) is 2. The van der Waals surface area contributed by atoms with E-state index in [0.29, 0.717) is 19.3 Å². The molecule has 0 aromatic heterocycles. The van der Waals surface area contributed by atoms with Crippen LogP contribution >= 0.6 is 23.2 Å². The number of benzene rings is 2. The van der Waals surface area contributed by atoms with E-state index >= 15 is 8.78 Å². The van der Waals surface area contributed by atoms with Gasteiger partial charge in [0.1, 0.15) is 5.69 Å². The molecule has 2 aromatic rings. The number of phenolic OH excluding ortho intramolecular Hbond substituents is 1. The van der Waals surface area contributed by atoms with Crippen LogP contribution in [0, 0.1) is 46.8 Å². The van der Waals surface area contributed by atoms with Crippen LogP contribution in [-0.4, -0.2) is 67.6 Å². The Hall–Kier alpha value is -4.24. The lowest BCUT2D eigenvalue weighted by Crippen LogP contribution is -2.60. The fourth-order valence-electron chi connectivity index (χ4n) is 7.97. The van der Waals surface area contributed by atoms with Gasteiger partial charge in [0.25, 0.3) is 11.8 Å². The van der Waals surface area contributed by atoms with E-state index in [9.17, 15) is 42.3 Å². The number of nitrogens with zero attached hydrogens (tertiary/aromatic N) is 2. The first-order valence-electron chi connectivity index (χ1n) is 16.0. The third-order valence-corrected chi connectivity index (χ3v) is 11.6. The van der Waals surface area contributed by atoms with E-state index < -0.39 is 110 Å². The molecule has 2 N–H and O–H groups in total. The molecule has 2 heterocycles. The number of rotatable bonds is 10. The Labute approximate surface area is 296 Å². The Balaban J connectivity index is 1.50. The highest BCUT2D eigenvalue weighted by Gasteiger charge is 2.77. The largest absolute Gasteiger partial charge is 0.504 e. The molecule has 6 rings (SSSR count). The van der Waals surface area contributed by atoms with Crippen molar-refractivity contribution in [1.29, 1.82) is 0 Å². The number of carbonyl (C=O) groups excluding carboxylic acids is 4. The molecule has 0 unspecified atom stereocenters. The lowest BCUT2D eigenvalue weighted by molar-refractivity contribution is -0.141. The molecule has 2 saturated heterocycles. The van der Waals surface area contributed by atoms with Crippen molar-refractivity contribution >= 4 is 58.5 Å². The van der Waals surface area contributed by atoms with Gasteiger partial charge in [0.15, 0.2) is 44.5 Å². The number of para-hydroxylation sites is 1. The lowest BCUT2D eigenvalue weighted by atomic mass is 9.56. The average molecular weight is 760 g/mol. The highest BCUT2D eigenvalue weighted by molar-refractivity contribution is 6.58. The molecule has 272 valence electrons. The van der Waals surface area contributed by atoms with Crippen LogP contribution in [0.15, 0.2) is 29.8 Å². The number of carboxylic acids is 1. The first-order chi connectivity index (χ1) is 24.0. The van der Waals surface area contributed by atoms with E-state index in [2.05, 4.69) is 0 Å². The van der Waals surface area contributed by atoms with Gasteiger partial charge in [-0.1, -0.05) is 30.2 Å². The summed E-state index contributed by atoms with van der Waals surface area (Å²) < 4.78 is 78.8. The van der Waals surface area contributed by atoms with Gasteiger partial charge in [0.2, 0.25) is 17.6 Å². The van der Waals surface area contributed by atoms with Crippen LogP contribution < -0.4 is 9.64 Å². The maximum atomic E-state index is 15.2. The second kappa shape index (κ2) is 13.1. The molecular formula is C34H29Cl2F5N2O8. The van der Waals surface area contributed by atoms with Gasteiger partial charge in [0.05, 0.1) is 18.4 Å². The Morgan fingerprint density at radius 3 is 2.20 bits per heavy atom. The van der Waals surface area contributed by atoms with Crippen LogP contribution in [0.4, 0.5) is 27.6 Å². The van der Waals surface area contributed by atoms with Crippen LogP contribution in [0.2, 0.25) is 0 Å². The molecule has 0 radical (unpaired) electrons. The van der Waals surface area contributed by atoms with Crippen LogP contribution in [0.1, 0.15) is 56.9 Å². The highest BCUT2D eigenvalue weighted by Crippen LogP contribution is 2.67. The summed E-state index contributed by atoms with van der Waals surface area (Å²) in [6.07, 6.45) is 1.66. The Kier molecular flexibility index (Phi) is 9.36. The van der Waals surface area contributed by atoms with Gasteiger partial charge in [-0.15, -0.1) is 23.2 Å². The number of fused-ring (bicyclic) bond motifs is 4. The smallest absolute Gasteiger partial charge is 0.303 e. The molecule has 4 amide bonds. The number of allylic oxidation sites excluding steroid dienone is 2. The molecule has 0 spiro atoms. The minimum atomic E-state index is -2.79. The van der Waals surface area contributed by atoms with Gasteiger partial charge in [-0.25, -0.2) is 26.9 Å². The van der Waals surface area contributed by atoms with Crippen molar-refractivity contribution in [3.63, 3.8) is 0 Å². The van der Waals surface area contributed by atoms with E-state index in [1.54, 1.807) is 6.92 Å². The third kappa shape index (κ3) is 5.20. The van der Waals surface area contributed by atoms with Crippen molar-refractivity contribution in [3.05, 3.63) is 64.5 Å². The van der Waals surface area contributed by atoms with Crippen molar-refractivity contribution in [2.24, 2.45) is 17.8 Å². The number of alkyl halides is 2. The zero-order valence-electron chi connectivity index (χ0n) is 26.7. The van der Waals surface area contributed by atoms with Crippen molar-refractivity contribution < 1.29 is 60.9 Å². The molecule has 1 saturated carbocycles. The zero-order chi connectivity index (χ0) is 37.3. The van der Waals surface area contributed by atoms with Gasteiger partial charge in [0, 0.05) is 24.4 Å². The Bertz CT molecular complexity index is 1900. The van der Waals surface area contributed by atoms with Gasteiger partial charge in [-0.05, 0) is 44.6 Å². The number of carbonyl (C=O) groups is 5. The SMILES string of the molecule is CCOc1cccc([C@H]2C3=CC[C@@H]4C(=O)N(CCCCCC(=O)O)C(=O)[C@@H]4[C@@H]3C[C@@]3(Cl)C(=O)N(c4c(F)c(F)c(F)c(F)c4F)C(=O)[C@@]23Cl)c1O.